The van der Waals surface area contributed by atoms with Crippen LogP contribution in [-0.2, 0) is 21.2 Å². The van der Waals surface area contributed by atoms with E-state index in [9.17, 15) is 17.6 Å². The van der Waals surface area contributed by atoms with Crippen molar-refractivity contribution in [3.63, 3.8) is 0 Å². The van der Waals surface area contributed by atoms with Gasteiger partial charge in [-0.15, -0.1) is 0 Å². The SMILES string of the molecule is COc1ccc(CC(=O)Nc2ccc(S(=O)(=O)N3[C@H](C)CCC[C@@H]3C)cc2)cc1F. The maximum Gasteiger partial charge on any atom is 0.243 e. The van der Waals surface area contributed by atoms with Crippen LogP contribution in [0.15, 0.2) is 47.4 Å². The molecule has 6 nitrogen and oxygen atoms in total. The smallest absolute Gasteiger partial charge is 0.243 e. The van der Waals surface area contributed by atoms with Crippen LogP contribution in [0.3, 0.4) is 0 Å². The lowest BCUT2D eigenvalue weighted by molar-refractivity contribution is -0.115. The molecular weight excluding hydrogens is 407 g/mol. The monoisotopic (exact) mass is 434 g/mol. The molecule has 1 N–H and O–H groups in total. The van der Waals surface area contributed by atoms with E-state index in [2.05, 4.69) is 5.32 Å². The zero-order valence-corrected chi connectivity index (χ0v) is 18.2. The molecule has 0 unspecified atom stereocenters. The maximum absolute atomic E-state index is 13.8. The first kappa shape index (κ1) is 22.2. The summed E-state index contributed by atoms with van der Waals surface area (Å²) in [6, 6.07) is 10.4. The number of amides is 1. The van der Waals surface area contributed by atoms with Gasteiger partial charge >= 0.3 is 0 Å². The fourth-order valence-corrected chi connectivity index (χ4v) is 5.80. The zero-order valence-electron chi connectivity index (χ0n) is 17.4. The maximum atomic E-state index is 13.8. The molecule has 1 saturated heterocycles. The van der Waals surface area contributed by atoms with Crippen molar-refractivity contribution < 1.29 is 22.3 Å². The molecule has 1 amide bonds. The Morgan fingerprint density at radius 3 is 2.33 bits per heavy atom. The number of sulfonamides is 1. The highest BCUT2D eigenvalue weighted by Gasteiger charge is 2.35. The normalized spacial score (nSPS) is 20.0. The molecule has 3 rings (SSSR count). The average molecular weight is 435 g/mol. The second-order valence-electron chi connectivity index (χ2n) is 7.68. The van der Waals surface area contributed by atoms with Crippen molar-refractivity contribution in [2.24, 2.45) is 0 Å². The third kappa shape index (κ3) is 4.82. The van der Waals surface area contributed by atoms with Crippen molar-refractivity contribution in [3.05, 3.63) is 53.8 Å². The van der Waals surface area contributed by atoms with Crippen LogP contribution in [0.1, 0.15) is 38.7 Å². The predicted molar refractivity (Wildman–Crippen MR) is 114 cm³/mol. The molecule has 162 valence electrons. The summed E-state index contributed by atoms with van der Waals surface area (Å²) in [6.07, 6.45) is 2.72. The van der Waals surface area contributed by atoms with Gasteiger partial charge in [-0.05, 0) is 68.7 Å². The molecule has 2 aromatic carbocycles. The van der Waals surface area contributed by atoms with E-state index in [4.69, 9.17) is 4.74 Å². The van der Waals surface area contributed by atoms with E-state index in [0.717, 1.165) is 19.3 Å². The largest absolute Gasteiger partial charge is 0.494 e. The first-order valence-electron chi connectivity index (χ1n) is 9.98. The summed E-state index contributed by atoms with van der Waals surface area (Å²) in [4.78, 5) is 12.5. The second-order valence-corrected chi connectivity index (χ2v) is 9.53. The van der Waals surface area contributed by atoms with E-state index in [1.807, 2.05) is 13.8 Å². The summed E-state index contributed by atoms with van der Waals surface area (Å²) in [5, 5.41) is 2.71. The molecule has 8 heteroatoms. The highest BCUT2D eigenvalue weighted by atomic mass is 32.2. The summed E-state index contributed by atoms with van der Waals surface area (Å²) < 4.78 is 46.3. The van der Waals surface area contributed by atoms with Crippen molar-refractivity contribution in [2.45, 2.75) is 56.5 Å². The molecule has 0 bridgehead atoms. The molecule has 0 spiro atoms. The number of methoxy groups -OCH3 is 1. The highest BCUT2D eigenvalue weighted by molar-refractivity contribution is 7.89. The fourth-order valence-electron chi connectivity index (χ4n) is 3.91. The molecule has 1 aliphatic heterocycles. The fraction of sp³-hybridized carbons (Fsp3) is 0.409. The molecule has 0 saturated carbocycles. The molecule has 30 heavy (non-hydrogen) atoms. The van der Waals surface area contributed by atoms with Gasteiger partial charge in [-0.25, -0.2) is 12.8 Å². The number of halogens is 1. The first-order valence-corrected chi connectivity index (χ1v) is 11.4. The van der Waals surface area contributed by atoms with Crippen molar-refractivity contribution in [2.75, 3.05) is 12.4 Å². The van der Waals surface area contributed by atoms with Crippen LogP contribution >= 0.6 is 0 Å². The second kappa shape index (κ2) is 9.14. The van der Waals surface area contributed by atoms with Crippen molar-refractivity contribution >= 4 is 21.6 Å². The Hall–Kier alpha value is -2.45. The molecular formula is C22H27FN2O4S. The quantitative estimate of drug-likeness (QED) is 0.747. The van der Waals surface area contributed by atoms with Crippen LogP contribution in [0.4, 0.5) is 10.1 Å². The van der Waals surface area contributed by atoms with Crippen molar-refractivity contribution in [1.29, 1.82) is 0 Å². The molecule has 2 atom stereocenters. The Bertz CT molecular complexity index is 998. The molecule has 1 heterocycles. The van der Waals surface area contributed by atoms with Gasteiger partial charge in [0.25, 0.3) is 0 Å². The van der Waals surface area contributed by atoms with Gasteiger partial charge < -0.3 is 10.1 Å². The van der Waals surface area contributed by atoms with Gasteiger partial charge in [-0.2, -0.15) is 4.31 Å². The van der Waals surface area contributed by atoms with Crippen molar-refractivity contribution in [3.8, 4) is 5.75 Å². The Kier molecular flexibility index (Phi) is 6.77. The minimum absolute atomic E-state index is 0.0101. The average Bonchev–Trinajstić information content (AvgIpc) is 2.68. The molecule has 1 aliphatic rings. The van der Waals surface area contributed by atoms with E-state index < -0.39 is 15.8 Å². The van der Waals surface area contributed by atoms with E-state index in [1.165, 1.54) is 31.4 Å². The summed E-state index contributed by atoms with van der Waals surface area (Å²) in [5.74, 6) is -0.736. The minimum Gasteiger partial charge on any atom is -0.494 e. The number of ether oxygens (including phenoxy) is 1. The minimum atomic E-state index is -3.60. The number of anilines is 1. The molecule has 0 radical (unpaired) electrons. The number of rotatable bonds is 6. The van der Waals surface area contributed by atoms with Gasteiger partial charge in [-0.1, -0.05) is 12.5 Å². The van der Waals surface area contributed by atoms with E-state index in [0.29, 0.717) is 11.3 Å². The van der Waals surface area contributed by atoms with E-state index in [-0.39, 0.29) is 35.1 Å². The molecule has 0 aromatic heterocycles. The van der Waals surface area contributed by atoms with Gasteiger partial charge in [0, 0.05) is 17.8 Å². The van der Waals surface area contributed by atoms with Gasteiger partial charge in [0.1, 0.15) is 0 Å². The summed E-state index contributed by atoms with van der Waals surface area (Å²) in [7, 11) is -2.22. The predicted octanol–water partition coefficient (Wildman–Crippen LogP) is 3.97. The van der Waals surface area contributed by atoms with Crippen LogP contribution in [0, 0.1) is 5.82 Å². The van der Waals surface area contributed by atoms with Gasteiger partial charge in [-0.3, -0.25) is 4.79 Å². The Balaban J connectivity index is 1.68. The number of nitrogens with zero attached hydrogens (tertiary/aromatic N) is 1. The lowest BCUT2D eigenvalue weighted by atomic mass is 10.0. The lowest BCUT2D eigenvalue weighted by Gasteiger charge is -2.37. The third-order valence-corrected chi connectivity index (χ3v) is 7.55. The van der Waals surface area contributed by atoms with Crippen LogP contribution in [0.2, 0.25) is 0 Å². The highest BCUT2D eigenvalue weighted by Crippen LogP contribution is 2.30. The summed E-state index contributed by atoms with van der Waals surface area (Å²) in [6.45, 7) is 3.87. The van der Waals surface area contributed by atoms with Crippen LogP contribution in [0.25, 0.3) is 0 Å². The lowest BCUT2D eigenvalue weighted by Crippen LogP contribution is -2.47. The first-order chi connectivity index (χ1) is 14.2. The summed E-state index contributed by atoms with van der Waals surface area (Å²) >= 11 is 0. The molecule has 1 fully saturated rings. The molecule has 0 aliphatic carbocycles. The number of nitrogens with one attached hydrogen (secondary N) is 1. The van der Waals surface area contributed by atoms with Crippen LogP contribution < -0.4 is 10.1 Å². The summed E-state index contributed by atoms with van der Waals surface area (Å²) in [5.41, 5.74) is 0.991. The standard InChI is InChI=1S/C22H27FN2O4S/c1-15-5-4-6-16(2)25(15)30(27,28)19-10-8-18(9-11-19)24-22(26)14-17-7-12-21(29-3)20(23)13-17/h7-13,15-16H,4-6,14H2,1-3H3,(H,24,26)/t15-,16+. The number of hydrogen-bond donors (Lipinski definition) is 1. The Morgan fingerprint density at radius 2 is 1.77 bits per heavy atom. The van der Waals surface area contributed by atoms with E-state index in [1.54, 1.807) is 22.5 Å². The third-order valence-electron chi connectivity index (χ3n) is 5.41. The van der Waals surface area contributed by atoms with Gasteiger partial charge in [0.2, 0.25) is 15.9 Å². The topological polar surface area (TPSA) is 75.7 Å². The van der Waals surface area contributed by atoms with Gasteiger partial charge in [0.15, 0.2) is 11.6 Å². The number of carbonyl (C=O) groups excluding carboxylic acids is 1. The number of carbonyl (C=O) groups is 1. The number of hydrogen-bond acceptors (Lipinski definition) is 4. The molecule has 2 aromatic rings. The van der Waals surface area contributed by atoms with Crippen LogP contribution in [0.5, 0.6) is 5.75 Å². The number of piperidine rings is 1. The Labute approximate surface area is 177 Å². The van der Waals surface area contributed by atoms with Crippen molar-refractivity contribution in [1.82, 2.24) is 4.31 Å². The van der Waals surface area contributed by atoms with Crippen LogP contribution in [-0.4, -0.2) is 37.8 Å². The van der Waals surface area contributed by atoms with Gasteiger partial charge in [0.05, 0.1) is 18.4 Å². The zero-order chi connectivity index (χ0) is 21.9. The number of benzene rings is 2. The van der Waals surface area contributed by atoms with E-state index >= 15 is 0 Å². The Morgan fingerprint density at radius 1 is 1.13 bits per heavy atom.